The molecule has 0 aromatic rings. The molecule has 0 aromatic heterocycles. The molecule has 1 heterocycles. The Morgan fingerprint density at radius 1 is 1.27 bits per heavy atom. The van der Waals surface area contributed by atoms with Gasteiger partial charge >= 0.3 is 0 Å². The Balaban J connectivity index is 2.23. The zero-order valence-electron chi connectivity index (χ0n) is 10.1. The van der Waals surface area contributed by atoms with Crippen LogP contribution in [0.5, 0.6) is 0 Å². The summed E-state index contributed by atoms with van der Waals surface area (Å²) < 4.78 is 0. The largest absolute Gasteiger partial charge is 0.353 e. The highest BCUT2D eigenvalue weighted by Crippen LogP contribution is 2.08. The van der Waals surface area contributed by atoms with Crippen molar-refractivity contribution < 1.29 is 4.79 Å². The van der Waals surface area contributed by atoms with Gasteiger partial charge in [-0.3, -0.25) is 9.69 Å². The van der Waals surface area contributed by atoms with Gasteiger partial charge in [0.2, 0.25) is 5.91 Å². The van der Waals surface area contributed by atoms with Gasteiger partial charge in [-0.1, -0.05) is 19.8 Å². The lowest BCUT2D eigenvalue weighted by molar-refractivity contribution is -0.122. The molecule has 0 spiro atoms. The van der Waals surface area contributed by atoms with Crippen molar-refractivity contribution in [2.75, 3.05) is 19.6 Å². The number of likely N-dealkylation sites (tertiary alicyclic amines) is 1. The number of carbonyl (C=O) groups excluding carboxylic acids is 1. The van der Waals surface area contributed by atoms with Crippen LogP contribution in [0.2, 0.25) is 0 Å². The Bertz CT molecular complexity index is 186. The fourth-order valence-electron chi connectivity index (χ4n) is 1.92. The van der Waals surface area contributed by atoms with E-state index in [1.54, 1.807) is 0 Å². The van der Waals surface area contributed by atoms with Crippen LogP contribution in [-0.2, 0) is 4.79 Å². The average Bonchev–Trinajstić information content (AvgIpc) is 2.46. The Hall–Kier alpha value is -0.570. The summed E-state index contributed by atoms with van der Waals surface area (Å²) in [4.78, 5) is 13.9. The Morgan fingerprint density at radius 3 is 2.40 bits per heavy atom. The molecule has 1 aliphatic rings. The van der Waals surface area contributed by atoms with Crippen LogP contribution in [0.4, 0.5) is 0 Å². The van der Waals surface area contributed by atoms with Gasteiger partial charge < -0.3 is 5.32 Å². The number of nitrogens with one attached hydrogen (secondary N) is 1. The minimum absolute atomic E-state index is 0.186. The number of rotatable bonds is 4. The minimum Gasteiger partial charge on any atom is -0.353 e. The molecule has 0 aliphatic carbocycles. The van der Waals surface area contributed by atoms with Crippen LogP contribution in [0.25, 0.3) is 0 Å². The lowest BCUT2D eigenvalue weighted by Crippen LogP contribution is -2.41. The fraction of sp³-hybridized carbons (Fsp3) is 0.917. The molecule has 0 saturated carbocycles. The number of carbonyl (C=O) groups is 1. The molecule has 1 aliphatic heterocycles. The molecule has 88 valence electrons. The van der Waals surface area contributed by atoms with Gasteiger partial charge in [0.15, 0.2) is 0 Å². The van der Waals surface area contributed by atoms with Gasteiger partial charge in [0.05, 0.1) is 6.54 Å². The maximum absolute atomic E-state index is 11.6. The first-order valence-corrected chi connectivity index (χ1v) is 6.24. The van der Waals surface area contributed by atoms with Crippen LogP contribution in [0, 0.1) is 0 Å². The van der Waals surface area contributed by atoms with Gasteiger partial charge in [-0.05, 0) is 39.3 Å². The summed E-state index contributed by atoms with van der Waals surface area (Å²) >= 11 is 0. The molecule has 15 heavy (non-hydrogen) atoms. The topological polar surface area (TPSA) is 32.3 Å². The normalized spacial score (nSPS) is 20.7. The summed E-state index contributed by atoms with van der Waals surface area (Å²) in [6, 6.07) is 0.310. The highest BCUT2D eigenvalue weighted by molar-refractivity contribution is 5.78. The van der Waals surface area contributed by atoms with Crippen LogP contribution in [0.15, 0.2) is 0 Å². The predicted molar refractivity (Wildman–Crippen MR) is 62.8 cm³/mol. The third-order valence-corrected chi connectivity index (χ3v) is 3.09. The van der Waals surface area contributed by atoms with Gasteiger partial charge in [-0.25, -0.2) is 0 Å². The average molecular weight is 212 g/mol. The summed E-state index contributed by atoms with van der Waals surface area (Å²) in [5.74, 6) is 0.186. The van der Waals surface area contributed by atoms with Gasteiger partial charge in [-0.2, -0.15) is 0 Å². The van der Waals surface area contributed by atoms with Crippen molar-refractivity contribution in [1.29, 1.82) is 0 Å². The standard InChI is InChI=1S/C12H24N2O/c1-3-11(2)13-12(15)10-14-8-6-4-5-7-9-14/h11H,3-10H2,1-2H3,(H,13,15). The molecule has 1 amide bonds. The summed E-state index contributed by atoms with van der Waals surface area (Å²) in [5, 5.41) is 3.02. The second kappa shape index (κ2) is 6.83. The van der Waals surface area contributed by atoms with Crippen LogP contribution in [0.1, 0.15) is 46.0 Å². The van der Waals surface area contributed by atoms with Crippen molar-refractivity contribution in [2.45, 2.75) is 52.0 Å². The molecular formula is C12H24N2O. The molecule has 1 atom stereocenters. The van der Waals surface area contributed by atoms with Gasteiger partial charge in [-0.15, -0.1) is 0 Å². The molecule has 0 aromatic carbocycles. The number of hydrogen-bond donors (Lipinski definition) is 1. The van der Waals surface area contributed by atoms with E-state index in [4.69, 9.17) is 0 Å². The van der Waals surface area contributed by atoms with E-state index in [1.807, 2.05) is 0 Å². The molecule has 3 nitrogen and oxygen atoms in total. The number of nitrogens with zero attached hydrogens (tertiary/aromatic N) is 1. The van der Waals surface area contributed by atoms with Gasteiger partial charge in [0.1, 0.15) is 0 Å². The fourth-order valence-corrected chi connectivity index (χ4v) is 1.92. The summed E-state index contributed by atoms with van der Waals surface area (Å²) in [5.41, 5.74) is 0. The molecule has 3 heteroatoms. The molecular weight excluding hydrogens is 188 g/mol. The predicted octanol–water partition coefficient (Wildman–Crippen LogP) is 1.78. The van der Waals surface area contributed by atoms with E-state index in [0.29, 0.717) is 12.6 Å². The molecule has 0 radical (unpaired) electrons. The highest BCUT2D eigenvalue weighted by Gasteiger charge is 2.13. The maximum atomic E-state index is 11.6. The van der Waals surface area contributed by atoms with Crippen molar-refractivity contribution in [3.63, 3.8) is 0 Å². The zero-order chi connectivity index (χ0) is 11.1. The van der Waals surface area contributed by atoms with Gasteiger partial charge in [0.25, 0.3) is 0 Å². The molecule has 1 unspecified atom stereocenters. The molecule has 1 rings (SSSR count). The molecule has 0 bridgehead atoms. The molecule has 1 fully saturated rings. The van der Waals surface area contributed by atoms with Crippen molar-refractivity contribution >= 4 is 5.91 Å². The summed E-state index contributed by atoms with van der Waals surface area (Å²) in [6.45, 7) is 6.92. The Labute approximate surface area is 93.2 Å². The Morgan fingerprint density at radius 2 is 1.87 bits per heavy atom. The summed E-state index contributed by atoms with van der Waals surface area (Å²) in [6.07, 6.45) is 6.14. The first-order valence-electron chi connectivity index (χ1n) is 6.24. The van der Waals surface area contributed by atoms with E-state index in [1.165, 1.54) is 25.7 Å². The number of hydrogen-bond acceptors (Lipinski definition) is 2. The highest BCUT2D eigenvalue weighted by atomic mass is 16.2. The monoisotopic (exact) mass is 212 g/mol. The lowest BCUT2D eigenvalue weighted by Gasteiger charge is -2.20. The van der Waals surface area contributed by atoms with E-state index in [2.05, 4.69) is 24.1 Å². The second-order valence-corrected chi connectivity index (χ2v) is 4.57. The van der Waals surface area contributed by atoms with Crippen LogP contribution in [-0.4, -0.2) is 36.5 Å². The van der Waals surface area contributed by atoms with Crippen molar-refractivity contribution in [1.82, 2.24) is 10.2 Å². The third-order valence-electron chi connectivity index (χ3n) is 3.09. The van der Waals surface area contributed by atoms with E-state index in [9.17, 15) is 4.79 Å². The maximum Gasteiger partial charge on any atom is 0.234 e. The third kappa shape index (κ3) is 5.17. The van der Waals surface area contributed by atoms with E-state index >= 15 is 0 Å². The quantitative estimate of drug-likeness (QED) is 0.770. The van der Waals surface area contributed by atoms with Gasteiger partial charge in [0, 0.05) is 6.04 Å². The van der Waals surface area contributed by atoms with Crippen molar-refractivity contribution in [3.8, 4) is 0 Å². The van der Waals surface area contributed by atoms with Crippen LogP contribution in [0.3, 0.4) is 0 Å². The molecule has 1 saturated heterocycles. The van der Waals surface area contributed by atoms with Crippen molar-refractivity contribution in [3.05, 3.63) is 0 Å². The molecule has 1 N–H and O–H groups in total. The number of amides is 1. The van der Waals surface area contributed by atoms with E-state index in [0.717, 1.165) is 19.5 Å². The second-order valence-electron chi connectivity index (χ2n) is 4.57. The van der Waals surface area contributed by atoms with Crippen LogP contribution >= 0.6 is 0 Å². The van der Waals surface area contributed by atoms with E-state index < -0.39 is 0 Å². The lowest BCUT2D eigenvalue weighted by atomic mass is 10.2. The summed E-state index contributed by atoms with van der Waals surface area (Å²) in [7, 11) is 0. The first kappa shape index (κ1) is 12.5. The van der Waals surface area contributed by atoms with E-state index in [-0.39, 0.29) is 5.91 Å². The first-order chi connectivity index (χ1) is 7.22. The van der Waals surface area contributed by atoms with Crippen LogP contribution < -0.4 is 5.32 Å². The SMILES string of the molecule is CCC(C)NC(=O)CN1CCCCCC1. The zero-order valence-corrected chi connectivity index (χ0v) is 10.1. The van der Waals surface area contributed by atoms with Crippen molar-refractivity contribution in [2.24, 2.45) is 0 Å². The smallest absolute Gasteiger partial charge is 0.234 e. The minimum atomic E-state index is 0.186. The Kier molecular flexibility index (Phi) is 5.69.